The smallest absolute Gasteiger partial charge is 0.796 e. The van der Waals surface area contributed by atoms with Crippen LogP contribution in [0.25, 0.3) is 0 Å². The van der Waals surface area contributed by atoms with Crippen molar-refractivity contribution in [2.45, 2.75) is 4.90 Å². The van der Waals surface area contributed by atoms with Crippen LogP contribution in [0.3, 0.4) is 0 Å². The van der Waals surface area contributed by atoms with Crippen molar-refractivity contribution in [2.24, 2.45) is 0 Å². The van der Waals surface area contributed by atoms with Gasteiger partial charge in [-0.05, 0) is 53.1 Å². The molecule has 0 saturated heterocycles. The largest absolute Gasteiger partial charge is 1.00 e. The molecule has 42 heavy (non-hydrogen) atoms. The van der Waals surface area contributed by atoms with E-state index < -0.39 is 0 Å². The number of thioether (sulfide) groups is 1. The van der Waals surface area contributed by atoms with Gasteiger partial charge in [0.05, 0.1) is 55.2 Å². The number of nitrogens with zero attached hydrogens (tertiary/aromatic N) is 2. The van der Waals surface area contributed by atoms with Gasteiger partial charge >= 0.3 is 29.6 Å². The average molecular weight is 940 g/mol. The summed E-state index contributed by atoms with van der Waals surface area (Å²) in [5.41, 5.74) is 0. The summed E-state index contributed by atoms with van der Waals surface area (Å²) in [6, 6.07) is 10.4. The fourth-order valence-corrected chi connectivity index (χ4v) is 6.60. The molecule has 220 valence electrons. The summed E-state index contributed by atoms with van der Waals surface area (Å²) in [7, 11) is 3.18. The van der Waals surface area contributed by atoms with Crippen molar-refractivity contribution in [2.75, 3.05) is 26.7 Å². The molecule has 0 aliphatic rings. The second-order valence-electron chi connectivity index (χ2n) is 7.14. The van der Waals surface area contributed by atoms with Crippen LogP contribution in [0.2, 0.25) is 20.1 Å². The van der Waals surface area contributed by atoms with Crippen molar-refractivity contribution in [1.29, 1.82) is 0 Å². The van der Waals surface area contributed by atoms with Crippen molar-refractivity contribution >= 4 is 125 Å². The maximum atomic E-state index is 6.12. The third kappa shape index (κ3) is 12.0. The van der Waals surface area contributed by atoms with E-state index in [1.54, 1.807) is 69.3 Å². The second-order valence-corrected chi connectivity index (χ2v) is 12.6. The van der Waals surface area contributed by atoms with Gasteiger partial charge in [0.25, 0.3) is 0 Å². The standard InChI is InChI=1S/C13H10BrCl2NO2S.C12H7BrCl2INO2.CH4S.Na/c1-18-10-6-17-12(5-11(10)20-2)19-13-8(15)3-7(14)4-9(13)16;1-18-10-5-17-11(4-9(10)16)19-12-7(14)2-6(13)3-8(12)15;1-2;/h3-6H,1-2H3;2-5H,1H3;2H,1H3;/q;;;+1/p-1. The summed E-state index contributed by atoms with van der Waals surface area (Å²) in [5, 5.41) is 1.64. The van der Waals surface area contributed by atoms with Crippen LogP contribution < -0.4 is 48.5 Å². The fraction of sp³-hybridized carbons (Fsp3) is 0.154. The molecular weight excluding hydrogens is 920 g/mol. The molecule has 0 N–H and O–H groups in total. The summed E-state index contributed by atoms with van der Waals surface area (Å²) in [4.78, 5) is 9.22. The zero-order chi connectivity index (χ0) is 30.7. The molecule has 0 unspecified atom stereocenters. The number of pyridine rings is 2. The van der Waals surface area contributed by atoms with Gasteiger partial charge in [-0.15, -0.1) is 11.8 Å². The van der Waals surface area contributed by atoms with Crippen LogP contribution in [-0.4, -0.2) is 36.7 Å². The van der Waals surface area contributed by atoms with Gasteiger partial charge in [-0.1, -0.05) is 78.3 Å². The second kappa shape index (κ2) is 20.6. The number of hydrogen-bond acceptors (Lipinski definition) is 8. The summed E-state index contributed by atoms with van der Waals surface area (Å²) in [6.07, 6.45) is 6.71. The minimum atomic E-state index is 0. The SMILES string of the molecule is COc1cnc(Oc2c(Cl)cc(Br)cc2Cl)cc1I.COc1cnc(Oc2c(Cl)cc(Br)cc2Cl)cc1SC.C[S-].[Na+]. The fourth-order valence-electron chi connectivity index (χ4n) is 2.84. The summed E-state index contributed by atoms with van der Waals surface area (Å²) in [6.45, 7) is 0. The number of aromatic nitrogens is 2. The summed E-state index contributed by atoms with van der Waals surface area (Å²) >= 11 is 38.8. The molecule has 0 radical (unpaired) electrons. The van der Waals surface area contributed by atoms with Crippen molar-refractivity contribution < 1.29 is 48.5 Å². The first-order valence-corrected chi connectivity index (χ1v) is 17.1. The maximum Gasteiger partial charge on any atom is 1.00 e. The Hall–Kier alpha value is 0.490. The third-order valence-corrected chi connectivity index (χ3v) is 8.24. The Morgan fingerprint density at radius 2 is 1.10 bits per heavy atom. The van der Waals surface area contributed by atoms with Crippen molar-refractivity contribution in [3.05, 3.63) is 81.4 Å². The van der Waals surface area contributed by atoms with Crippen LogP contribution in [0, 0.1) is 3.57 Å². The number of rotatable bonds is 7. The molecule has 0 spiro atoms. The minimum absolute atomic E-state index is 0. The van der Waals surface area contributed by atoms with Crippen molar-refractivity contribution in [3.63, 3.8) is 0 Å². The normalized spacial score (nSPS) is 9.81. The van der Waals surface area contributed by atoms with Crippen molar-refractivity contribution in [3.8, 4) is 34.8 Å². The molecule has 4 aromatic rings. The first-order chi connectivity index (χ1) is 19.6. The van der Waals surface area contributed by atoms with Gasteiger partial charge in [-0.3, -0.25) is 0 Å². The minimum Gasteiger partial charge on any atom is -0.796 e. The summed E-state index contributed by atoms with van der Waals surface area (Å²) < 4.78 is 24.1. The van der Waals surface area contributed by atoms with Crippen LogP contribution in [0.4, 0.5) is 0 Å². The zero-order valence-corrected chi connectivity index (χ0v) is 34.6. The van der Waals surface area contributed by atoms with E-state index in [0.717, 1.165) is 17.4 Å². The Kier molecular flexibility index (Phi) is 19.9. The Balaban J connectivity index is 0.000000388. The van der Waals surface area contributed by atoms with Crippen LogP contribution in [-0.2, 0) is 12.6 Å². The molecule has 0 bridgehead atoms. The van der Waals surface area contributed by atoms with Gasteiger partial charge < -0.3 is 31.6 Å². The molecule has 0 fully saturated rings. The van der Waals surface area contributed by atoms with Gasteiger partial charge in [0.15, 0.2) is 23.0 Å². The Bertz CT molecular complexity index is 1450. The summed E-state index contributed by atoms with van der Waals surface area (Å²) in [5.74, 6) is 2.93. The van der Waals surface area contributed by atoms with Gasteiger partial charge in [-0.2, -0.15) is 6.26 Å². The molecular formula is C26H20Br2Cl4IN2NaO4S2. The number of benzene rings is 2. The molecule has 0 atom stereocenters. The van der Waals surface area contributed by atoms with Crippen molar-refractivity contribution in [1.82, 2.24) is 9.97 Å². The Labute approximate surface area is 327 Å². The molecule has 2 aromatic heterocycles. The molecule has 2 heterocycles. The first kappa shape index (κ1) is 40.5. The Morgan fingerprint density at radius 1 is 0.714 bits per heavy atom. The number of methoxy groups -OCH3 is 2. The van der Waals surface area contributed by atoms with Crippen LogP contribution in [0.15, 0.2) is 62.6 Å². The molecule has 0 amide bonds. The third-order valence-electron chi connectivity index (χ3n) is 4.60. The Morgan fingerprint density at radius 3 is 1.45 bits per heavy atom. The van der Waals surface area contributed by atoms with Crippen LogP contribution in [0.1, 0.15) is 0 Å². The van der Waals surface area contributed by atoms with E-state index in [1.807, 2.05) is 6.26 Å². The van der Waals surface area contributed by atoms with E-state index in [2.05, 4.69) is 77.0 Å². The van der Waals surface area contributed by atoms with E-state index in [-0.39, 0.29) is 29.6 Å². The molecule has 6 nitrogen and oxygen atoms in total. The van der Waals surface area contributed by atoms with Gasteiger partial charge in [-0.25, -0.2) is 9.97 Å². The number of ether oxygens (including phenoxy) is 4. The molecule has 4 rings (SSSR count). The number of halogens is 7. The molecule has 16 heteroatoms. The monoisotopic (exact) mass is 936 g/mol. The van der Waals surface area contributed by atoms with Gasteiger partial charge in [0.2, 0.25) is 11.8 Å². The molecule has 0 aliphatic carbocycles. The van der Waals surface area contributed by atoms with Gasteiger partial charge in [0.1, 0.15) is 0 Å². The van der Waals surface area contributed by atoms with E-state index in [0.29, 0.717) is 54.8 Å². The quantitative estimate of drug-likeness (QED) is 0.0794. The molecule has 2 aromatic carbocycles. The zero-order valence-electron chi connectivity index (χ0n) is 22.6. The van der Waals surface area contributed by atoms with Gasteiger partial charge in [0, 0.05) is 21.1 Å². The topological polar surface area (TPSA) is 62.7 Å². The van der Waals surface area contributed by atoms with Crippen LogP contribution in [0.5, 0.6) is 34.8 Å². The average Bonchev–Trinajstić information content (AvgIpc) is 2.94. The maximum absolute atomic E-state index is 6.12. The van der Waals surface area contributed by atoms with E-state index in [9.17, 15) is 0 Å². The predicted octanol–water partition coefficient (Wildman–Crippen LogP) is 8.40. The van der Waals surface area contributed by atoms with E-state index in [1.165, 1.54) is 11.8 Å². The number of hydrogen-bond donors (Lipinski definition) is 0. The van der Waals surface area contributed by atoms with E-state index >= 15 is 0 Å². The first-order valence-electron chi connectivity index (χ1n) is 10.9. The molecule has 0 saturated carbocycles. The molecule has 0 aliphatic heterocycles. The predicted molar refractivity (Wildman–Crippen MR) is 188 cm³/mol. The van der Waals surface area contributed by atoms with E-state index in [4.69, 9.17) is 65.4 Å². The van der Waals surface area contributed by atoms with Crippen LogP contribution >= 0.6 is 113 Å².